The van der Waals surface area contributed by atoms with E-state index in [0.29, 0.717) is 26.8 Å². The number of hydrogen-bond acceptors (Lipinski definition) is 5. The van der Waals surface area contributed by atoms with Crippen LogP contribution in [-0.4, -0.2) is 49.7 Å². The fourth-order valence-electron chi connectivity index (χ4n) is 4.02. The van der Waals surface area contributed by atoms with Crippen LogP contribution in [0.1, 0.15) is 42.2 Å². The first-order chi connectivity index (χ1) is 15.7. The van der Waals surface area contributed by atoms with Crippen molar-refractivity contribution in [1.82, 2.24) is 10.2 Å². The molecule has 1 aromatic carbocycles. The number of thiophene rings is 1. The number of rotatable bonds is 9. The Morgan fingerprint density at radius 2 is 1.85 bits per heavy atom. The van der Waals surface area contributed by atoms with Gasteiger partial charge in [0.1, 0.15) is 6.04 Å². The molecule has 1 atom stereocenters. The zero-order valence-corrected chi connectivity index (χ0v) is 19.3. The van der Waals surface area contributed by atoms with Crippen LogP contribution in [0.3, 0.4) is 0 Å². The van der Waals surface area contributed by atoms with E-state index in [1.807, 2.05) is 0 Å². The van der Waals surface area contributed by atoms with Crippen LogP contribution < -0.4 is 14.8 Å². The predicted molar refractivity (Wildman–Crippen MR) is 118 cm³/mol. The van der Waals surface area contributed by atoms with Crippen molar-refractivity contribution in [2.45, 2.75) is 50.4 Å². The topological polar surface area (TPSA) is 67.9 Å². The largest absolute Gasteiger partial charge is 0.493 e. The van der Waals surface area contributed by atoms with Crippen LogP contribution in [0.15, 0.2) is 35.7 Å². The Labute approximate surface area is 194 Å². The van der Waals surface area contributed by atoms with Crippen LogP contribution in [-0.2, 0) is 16.0 Å². The van der Waals surface area contributed by atoms with Gasteiger partial charge in [0, 0.05) is 17.5 Å². The minimum atomic E-state index is -5.11. The molecule has 2 aromatic rings. The molecule has 33 heavy (non-hydrogen) atoms. The van der Waals surface area contributed by atoms with Gasteiger partial charge in [-0.1, -0.05) is 25.0 Å². The van der Waals surface area contributed by atoms with Crippen molar-refractivity contribution in [1.29, 1.82) is 0 Å². The number of alkyl halides is 3. The molecule has 2 amide bonds. The first-order valence-electron chi connectivity index (χ1n) is 10.7. The molecule has 10 heteroatoms. The number of hydrogen-bond donors (Lipinski definition) is 1. The van der Waals surface area contributed by atoms with Gasteiger partial charge in [0.2, 0.25) is 5.91 Å². The maximum atomic E-state index is 13.6. The summed E-state index contributed by atoms with van der Waals surface area (Å²) in [5.41, 5.74) is 0.647. The van der Waals surface area contributed by atoms with Crippen molar-refractivity contribution >= 4 is 23.2 Å². The molecular weight excluding hydrogens is 457 g/mol. The molecule has 3 rings (SSSR count). The van der Waals surface area contributed by atoms with Gasteiger partial charge in [0.15, 0.2) is 11.5 Å². The van der Waals surface area contributed by atoms with Crippen molar-refractivity contribution in [3.8, 4) is 11.5 Å². The van der Waals surface area contributed by atoms with Crippen molar-refractivity contribution < 1.29 is 32.2 Å². The number of carbonyl (C=O) groups is 2. The summed E-state index contributed by atoms with van der Waals surface area (Å²) in [6.45, 7) is -0.297. The second kappa shape index (κ2) is 10.9. The first kappa shape index (κ1) is 24.9. The number of amides is 2. The smallest absolute Gasteiger partial charge is 0.471 e. The van der Waals surface area contributed by atoms with Gasteiger partial charge in [-0.05, 0) is 48.4 Å². The fourth-order valence-corrected chi connectivity index (χ4v) is 4.85. The van der Waals surface area contributed by atoms with Crippen molar-refractivity contribution in [3.05, 3.63) is 46.2 Å². The molecule has 0 radical (unpaired) electrons. The van der Waals surface area contributed by atoms with Gasteiger partial charge in [-0.3, -0.25) is 9.59 Å². The van der Waals surface area contributed by atoms with E-state index in [4.69, 9.17) is 9.47 Å². The van der Waals surface area contributed by atoms with E-state index >= 15 is 0 Å². The SMILES string of the molecule is COc1ccc(CCN(C(=O)C(F)(F)F)[C@H](C(=O)NC2CCCC2)c2cccs2)cc1OC. The molecule has 0 bridgehead atoms. The quantitative estimate of drug-likeness (QED) is 0.569. The van der Waals surface area contributed by atoms with Crippen LogP contribution in [0.5, 0.6) is 11.5 Å². The Balaban J connectivity index is 1.89. The molecule has 1 heterocycles. The van der Waals surface area contributed by atoms with E-state index in [1.54, 1.807) is 35.7 Å². The molecule has 1 N–H and O–H groups in total. The molecular formula is C23H27F3N2O4S. The summed E-state index contributed by atoms with van der Waals surface area (Å²) in [6.07, 6.45) is -1.54. The number of nitrogens with one attached hydrogen (secondary N) is 1. The highest BCUT2D eigenvalue weighted by Gasteiger charge is 2.47. The van der Waals surface area contributed by atoms with Gasteiger partial charge >= 0.3 is 12.1 Å². The molecule has 0 unspecified atom stereocenters. The zero-order valence-electron chi connectivity index (χ0n) is 18.5. The van der Waals surface area contributed by atoms with Gasteiger partial charge in [-0.25, -0.2) is 0 Å². The Morgan fingerprint density at radius 1 is 1.15 bits per heavy atom. The van der Waals surface area contributed by atoms with Crippen LogP contribution in [0.25, 0.3) is 0 Å². The molecule has 0 spiro atoms. The minimum Gasteiger partial charge on any atom is -0.493 e. The summed E-state index contributed by atoms with van der Waals surface area (Å²) in [6, 6.07) is 6.77. The van der Waals surface area contributed by atoms with Crippen LogP contribution >= 0.6 is 11.3 Å². The average molecular weight is 485 g/mol. The molecule has 1 aliphatic rings. The van der Waals surface area contributed by atoms with Crippen LogP contribution in [0, 0.1) is 0 Å². The summed E-state index contributed by atoms with van der Waals surface area (Å²) in [4.78, 5) is 26.6. The van der Waals surface area contributed by atoms with Crippen molar-refractivity contribution in [2.75, 3.05) is 20.8 Å². The summed E-state index contributed by atoms with van der Waals surface area (Å²) < 4.78 is 51.1. The van der Waals surface area contributed by atoms with E-state index in [9.17, 15) is 22.8 Å². The number of halogens is 3. The first-order valence-corrected chi connectivity index (χ1v) is 11.5. The lowest BCUT2D eigenvalue weighted by atomic mass is 10.1. The van der Waals surface area contributed by atoms with Gasteiger partial charge in [0.25, 0.3) is 0 Å². The average Bonchev–Trinajstić information content (AvgIpc) is 3.49. The zero-order chi connectivity index (χ0) is 24.0. The minimum absolute atomic E-state index is 0.0892. The highest BCUT2D eigenvalue weighted by molar-refractivity contribution is 7.10. The molecule has 1 fully saturated rings. The molecule has 1 aromatic heterocycles. The molecule has 1 aliphatic carbocycles. The Kier molecular flexibility index (Phi) is 8.23. The molecule has 180 valence electrons. The number of nitrogens with zero attached hydrogens (tertiary/aromatic N) is 1. The molecule has 0 saturated heterocycles. The second-order valence-corrected chi connectivity index (χ2v) is 8.82. The van der Waals surface area contributed by atoms with E-state index in [2.05, 4.69) is 5.32 Å². The Morgan fingerprint density at radius 3 is 2.42 bits per heavy atom. The Bertz CT molecular complexity index is 944. The summed E-state index contributed by atoms with van der Waals surface area (Å²) in [7, 11) is 2.94. The maximum absolute atomic E-state index is 13.6. The lowest BCUT2D eigenvalue weighted by Gasteiger charge is -2.32. The lowest BCUT2D eigenvalue weighted by molar-refractivity contribution is -0.188. The van der Waals surface area contributed by atoms with Crippen LogP contribution in [0.2, 0.25) is 0 Å². The number of benzene rings is 1. The van der Waals surface area contributed by atoms with Crippen molar-refractivity contribution in [2.24, 2.45) is 0 Å². The Hall–Kier alpha value is -2.75. The highest BCUT2D eigenvalue weighted by atomic mass is 32.1. The van der Waals surface area contributed by atoms with Gasteiger partial charge in [-0.2, -0.15) is 13.2 Å². The summed E-state index contributed by atoms with van der Waals surface area (Å²) in [5, 5.41) is 4.53. The second-order valence-electron chi connectivity index (χ2n) is 7.84. The fraction of sp³-hybridized carbons (Fsp3) is 0.478. The highest BCUT2D eigenvalue weighted by Crippen LogP contribution is 2.32. The van der Waals surface area contributed by atoms with Crippen LogP contribution in [0.4, 0.5) is 13.2 Å². The van der Waals surface area contributed by atoms with Gasteiger partial charge < -0.3 is 19.7 Å². The number of ether oxygens (including phenoxy) is 2. The molecule has 0 aliphatic heterocycles. The normalized spacial score (nSPS) is 15.2. The van der Waals surface area contributed by atoms with Crippen molar-refractivity contribution in [3.63, 3.8) is 0 Å². The van der Waals surface area contributed by atoms with Gasteiger partial charge in [-0.15, -0.1) is 11.3 Å². The summed E-state index contributed by atoms with van der Waals surface area (Å²) in [5.74, 6) is -1.72. The van der Waals surface area contributed by atoms with E-state index < -0.39 is 24.0 Å². The third kappa shape index (κ3) is 6.19. The number of methoxy groups -OCH3 is 2. The predicted octanol–water partition coefficient (Wildman–Crippen LogP) is 4.50. The van der Waals surface area contributed by atoms with E-state index in [-0.39, 0.29) is 19.0 Å². The third-order valence-corrected chi connectivity index (χ3v) is 6.59. The maximum Gasteiger partial charge on any atom is 0.471 e. The standard InChI is InChI=1S/C23H27F3N2O4S/c1-31-17-10-9-15(14-18(17)32-2)11-12-28(22(30)23(24,25)26)20(19-8-5-13-33-19)21(29)27-16-6-3-4-7-16/h5,8-10,13-14,16,20H,3-4,6-7,11-12H2,1-2H3,(H,27,29)/t20-/m0/s1. The molecule has 6 nitrogen and oxygen atoms in total. The monoisotopic (exact) mass is 484 g/mol. The lowest BCUT2D eigenvalue weighted by Crippen LogP contribution is -2.50. The summed E-state index contributed by atoms with van der Waals surface area (Å²) >= 11 is 1.15. The van der Waals surface area contributed by atoms with E-state index in [1.165, 1.54) is 14.2 Å². The van der Waals surface area contributed by atoms with Gasteiger partial charge in [0.05, 0.1) is 14.2 Å². The number of carbonyl (C=O) groups excluding carboxylic acids is 2. The molecule has 1 saturated carbocycles. The van der Waals surface area contributed by atoms with E-state index in [0.717, 1.165) is 37.0 Å². The third-order valence-electron chi connectivity index (χ3n) is 5.67.